The molecule has 174 valence electrons. The zero-order valence-corrected chi connectivity index (χ0v) is 19.3. The molecule has 0 amide bonds. The molecule has 4 rings (SSSR count). The molecule has 0 fully saturated rings. The van der Waals surface area contributed by atoms with E-state index in [-0.39, 0.29) is 5.91 Å². The van der Waals surface area contributed by atoms with Gasteiger partial charge in [-0.15, -0.1) is 14.9 Å². The fourth-order valence-electron chi connectivity index (χ4n) is 3.62. The third-order valence-electron chi connectivity index (χ3n) is 5.48. The summed E-state index contributed by atoms with van der Waals surface area (Å²) in [5.41, 5.74) is 3.48. The number of carbonyl (C=O) groups excluding carboxylic acids is 1. The first-order chi connectivity index (χ1) is 16.6. The summed E-state index contributed by atoms with van der Waals surface area (Å²) >= 11 is 0. The minimum absolute atomic E-state index is 0.270. The van der Waals surface area contributed by atoms with Crippen molar-refractivity contribution in [3.05, 3.63) is 76.5 Å². The molecule has 2 aromatic carbocycles. The van der Waals surface area contributed by atoms with Crippen LogP contribution in [0.3, 0.4) is 0 Å². The summed E-state index contributed by atoms with van der Waals surface area (Å²) in [4.78, 5) is 25.5. The summed E-state index contributed by atoms with van der Waals surface area (Å²) in [6.07, 6.45) is 6.45. The summed E-state index contributed by atoms with van der Waals surface area (Å²) in [6, 6.07) is 15.9. The van der Waals surface area contributed by atoms with Crippen molar-refractivity contribution in [3.8, 4) is 22.5 Å². The van der Waals surface area contributed by atoms with E-state index in [1.165, 1.54) is 0 Å². The van der Waals surface area contributed by atoms with Crippen molar-refractivity contribution in [2.24, 2.45) is 0 Å². The molecule has 9 nitrogen and oxygen atoms in total. The van der Waals surface area contributed by atoms with Crippen molar-refractivity contribution < 1.29 is 4.79 Å². The maximum Gasteiger partial charge on any atom is 0.353 e. The summed E-state index contributed by atoms with van der Waals surface area (Å²) in [5, 5.41) is 18.3. The van der Waals surface area contributed by atoms with Crippen LogP contribution in [0.15, 0.2) is 59.4 Å². The molecular weight excluding hydrogens is 430 g/mol. The second kappa shape index (κ2) is 10.7. The number of allylic oxidation sites excluding steroid dienone is 1. The molecule has 0 unspecified atom stereocenters. The molecule has 4 aromatic rings. The first-order valence-electron chi connectivity index (χ1n) is 11.4. The highest BCUT2D eigenvalue weighted by Gasteiger charge is 2.17. The first-order valence-corrected chi connectivity index (χ1v) is 11.4. The molecule has 0 aliphatic carbocycles. The van der Waals surface area contributed by atoms with Gasteiger partial charge in [0.1, 0.15) is 0 Å². The predicted octanol–water partition coefficient (Wildman–Crippen LogP) is 4.19. The summed E-state index contributed by atoms with van der Waals surface area (Å²) in [6.45, 7) is 4.34. The highest BCUT2D eigenvalue weighted by Crippen LogP contribution is 2.24. The second-order valence-corrected chi connectivity index (χ2v) is 7.97. The number of rotatable bonds is 9. The zero-order chi connectivity index (χ0) is 23.9. The van der Waals surface area contributed by atoms with E-state index in [0.29, 0.717) is 24.6 Å². The Kier molecular flexibility index (Phi) is 7.22. The Bertz CT molecular complexity index is 1330. The van der Waals surface area contributed by atoms with E-state index in [1.54, 1.807) is 10.6 Å². The van der Waals surface area contributed by atoms with Crippen LogP contribution in [0.1, 0.15) is 55.7 Å². The number of hydrogen-bond acceptors (Lipinski definition) is 6. The molecule has 0 saturated carbocycles. The molecule has 0 aliphatic rings. The molecule has 0 atom stereocenters. The van der Waals surface area contributed by atoms with Gasteiger partial charge < -0.3 is 0 Å². The monoisotopic (exact) mass is 457 g/mol. The van der Waals surface area contributed by atoms with Crippen LogP contribution in [-0.2, 0) is 6.54 Å². The van der Waals surface area contributed by atoms with Crippen LogP contribution in [0.4, 0.5) is 0 Å². The Morgan fingerprint density at radius 3 is 2.56 bits per heavy atom. The van der Waals surface area contributed by atoms with E-state index >= 15 is 0 Å². The number of carbonyl (C=O) groups is 1. The third-order valence-corrected chi connectivity index (χ3v) is 5.48. The first kappa shape index (κ1) is 23.0. The number of nitrogens with zero attached hydrogens (tertiary/aromatic N) is 6. The number of unbranched alkanes of at least 4 members (excludes halogenated alkanes) is 1. The SMILES string of the molecule is CCC=Cc1nn(C(=O)CCCC)c(=O)n1Cc1ccc(-c2cccc(-c3nnn[nH]3)c2)cc1. The van der Waals surface area contributed by atoms with E-state index < -0.39 is 5.69 Å². The maximum atomic E-state index is 13.0. The maximum absolute atomic E-state index is 13.0. The van der Waals surface area contributed by atoms with Crippen LogP contribution < -0.4 is 5.69 Å². The number of aromatic amines is 1. The standard InChI is InChI=1S/C25H27N7O2/c1-3-5-10-22-28-32(23(33)11-6-4-2)25(34)31(22)17-18-12-14-19(15-13-18)20-8-7-9-21(16-20)24-26-29-30-27-24/h5,7-10,12-16H,3-4,6,11,17H2,1-2H3,(H,26,27,29,30). The third kappa shape index (κ3) is 5.09. The molecule has 2 heterocycles. The van der Waals surface area contributed by atoms with E-state index in [1.807, 2.05) is 68.5 Å². The lowest BCUT2D eigenvalue weighted by atomic mass is 10.0. The van der Waals surface area contributed by atoms with E-state index in [2.05, 4.69) is 25.7 Å². The number of H-pyrrole nitrogens is 1. The van der Waals surface area contributed by atoms with Crippen LogP contribution in [0.2, 0.25) is 0 Å². The zero-order valence-electron chi connectivity index (χ0n) is 19.3. The molecule has 34 heavy (non-hydrogen) atoms. The van der Waals surface area contributed by atoms with Crippen LogP contribution >= 0.6 is 0 Å². The van der Waals surface area contributed by atoms with Gasteiger partial charge in [0.2, 0.25) is 0 Å². The Balaban J connectivity index is 1.59. The fraction of sp³-hybridized carbons (Fsp3) is 0.280. The minimum atomic E-state index is -0.408. The van der Waals surface area contributed by atoms with Gasteiger partial charge in [-0.25, -0.2) is 9.89 Å². The van der Waals surface area contributed by atoms with Gasteiger partial charge in [0.15, 0.2) is 11.6 Å². The smallest absolute Gasteiger partial charge is 0.272 e. The minimum Gasteiger partial charge on any atom is -0.272 e. The van der Waals surface area contributed by atoms with Crippen LogP contribution in [0.25, 0.3) is 28.6 Å². The number of benzene rings is 2. The summed E-state index contributed by atoms with van der Waals surface area (Å²) in [5.74, 6) is 0.819. The molecule has 0 saturated heterocycles. The summed E-state index contributed by atoms with van der Waals surface area (Å²) in [7, 11) is 0. The highest BCUT2D eigenvalue weighted by atomic mass is 16.2. The molecule has 0 spiro atoms. The lowest BCUT2D eigenvalue weighted by molar-refractivity contribution is 0.0878. The molecule has 0 aliphatic heterocycles. The lowest BCUT2D eigenvalue weighted by Gasteiger charge is -2.07. The summed E-state index contributed by atoms with van der Waals surface area (Å²) < 4.78 is 2.55. The Hall–Kier alpha value is -4.14. The average Bonchev–Trinajstić information content (AvgIpc) is 3.51. The highest BCUT2D eigenvalue weighted by molar-refractivity contribution is 5.77. The van der Waals surface area contributed by atoms with Crippen molar-refractivity contribution >= 4 is 12.0 Å². The molecule has 2 aromatic heterocycles. The average molecular weight is 458 g/mol. The lowest BCUT2D eigenvalue weighted by Crippen LogP contribution is -2.30. The molecule has 0 radical (unpaired) electrons. The number of hydrogen-bond donors (Lipinski definition) is 1. The van der Waals surface area contributed by atoms with Crippen LogP contribution in [0.5, 0.6) is 0 Å². The Labute approximate surface area is 197 Å². The Morgan fingerprint density at radius 1 is 1.06 bits per heavy atom. The number of nitrogens with one attached hydrogen (secondary N) is 1. The van der Waals surface area contributed by atoms with E-state index in [4.69, 9.17) is 0 Å². The molecular formula is C25H27N7O2. The van der Waals surface area contributed by atoms with Gasteiger partial charge in [-0.05, 0) is 52.1 Å². The molecule has 1 N–H and O–H groups in total. The van der Waals surface area contributed by atoms with Crippen LogP contribution in [0, 0.1) is 0 Å². The number of tetrazole rings is 1. The van der Waals surface area contributed by atoms with Crippen molar-refractivity contribution in [1.82, 2.24) is 35.0 Å². The van der Waals surface area contributed by atoms with Gasteiger partial charge in [0.25, 0.3) is 5.91 Å². The largest absolute Gasteiger partial charge is 0.353 e. The van der Waals surface area contributed by atoms with Gasteiger partial charge in [-0.1, -0.05) is 68.8 Å². The number of aromatic nitrogens is 7. The molecule has 0 bridgehead atoms. The van der Waals surface area contributed by atoms with Gasteiger partial charge in [0, 0.05) is 12.0 Å². The molecule has 9 heteroatoms. The Morgan fingerprint density at radius 2 is 1.85 bits per heavy atom. The predicted molar refractivity (Wildman–Crippen MR) is 130 cm³/mol. The van der Waals surface area contributed by atoms with Crippen LogP contribution in [-0.4, -0.2) is 40.9 Å². The van der Waals surface area contributed by atoms with Crippen molar-refractivity contribution in [2.75, 3.05) is 0 Å². The van der Waals surface area contributed by atoms with E-state index in [9.17, 15) is 9.59 Å². The second-order valence-electron chi connectivity index (χ2n) is 7.97. The van der Waals surface area contributed by atoms with E-state index in [0.717, 1.165) is 46.2 Å². The normalized spacial score (nSPS) is 11.4. The van der Waals surface area contributed by atoms with Gasteiger partial charge >= 0.3 is 5.69 Å². The van der Waals surface area contributed by atoms with Crippen molar-refractivity contribution in [2.45, 2.75) is 46.1 Å². The van der Waals surface area contributed by atoms with Crippen molar-refractivity contribution in [1.29, 1.82) is 0 Å². The van der Waals surface area contributed by atoms with Gasteiger partial charge in [0.05, 0.1) is 6.54 Å². The van der Waals surface area contributed by atoms with Gasteiger partial charge in [-0.3, -0.25) is 9.36 Å². The van der Waals surface area contributed by atoms with Gasteiger partial charge in [-0.2, -0.15) is 0 Å². The van der Waals surface area contributed by atoms with Crippen molar-refractivity contribution in [3.63, 3.8) is 0 Å². The quantitative estimate of drug-likeness (QED) is 0.403. The fourth-order valence-corrected chi connectivity index (χ4v) is 3.62. The topological polar surface area (TPSA) is 111 Å².